The van der Waals surface area contributed by atoms with E-state index in [9.17, 15) is 9.90 Å². The Hall–Kier alpha value is -0.970. The summed E-state index contributed by atoms with van der Waals surface area (Å²) in [7, 11) is 0. The molecule has 0 radical (unpaired) electrons. The molecule has 116 valence electrons. The monoisotopic (exact) mass is 330 g/mol. The predicted octanol–water partition coefficient (Wildman–Crippen LogP) is 4.06. The summed E-state index contributed by atoms with van der Waals surface area (Å²) >= 11 is 11.8. The van der Waals surface area contributed by atoms with Crippen molar-refractivity contribution < 1.29 is 9.90 Å². The summed E-state index contributed by atoms with van der Waals surface area (Å²) in [5.41, 5.74) is 0.0386. The van der Waals surface area contributed by atoms with Crippen molar-refractivity contribution in [3.05, 3.63) is 28.2 Å². The summed E-state index contributed by atoms with van der Waals surface area (Å²) < 4.78 is 0. The van der Waals surface area contributed by atoms with Crippen LogP contribution in [0.1, 0.15) is 32.6 Å². The van der Waals surface area contributed by atoms with Gasteiger partial charge in [-0.15, -0.1) is 0 Å². The number of rotatable bonds is 3. The van der Waals surface area contributed by atoms with E-state index in [1.165, 1.54) is 0 Å². The van der Waals surface area contributed by atoms with E-state index in [0.717, 1.165) is 25.7 Å². The second-order valence-electron chi connectivity index (χ2n) is 5.85. The van der Waals surface area contributed by atoms with E-state index in [4.69, 9.17) is 23.2 Å². The van der Waals surface area contributed by atoms with Gasteiger partial charge >= 0.3 is 6.03 Å². The third-order valence-electron chi connectivity index (χ3n) is 3.95. The molecule has 0 spiro atoms. The van der Waals surface area contributed by atoms with Gasteiger partial charge in [0.1, 0.15) is 0 Å². The molecule has 1 saturated carbocycles. The number of carbonyl (C=O) groups is 1. The number of aliphatic hydroxyl groups excluding tert-OH is 1. The highest BCUT2D eigenvalue weighted by molar-refractivity contribution is 6.42. The first-order chi connectivity index (χ1) is 9.94. The van der Waals surface area contributed by atoms with E-state index in [0.29, 0.717) is 21.7 Å². The van der Waals surface area contributed by atoms with Crippen LogP contribution in [0, 0.1) is 5.92 Å². The van der Waals surface area contributed by atoms with Crippen LogP contribution in [0.3, 0.4) is 0 Å². The smallest absolute Gasteiger partial charge is 0.319 e. The number of anilines is 1. The third kappa shape index (κ3) is 4.25. The van der Waals surface area contributed by atoms with E-state index in [1.54, 1.807) is 18.2 Å². The molecule has 1 aromatic rings. The number of urea groups is 1. The van der Waals surface area contributed by atoms with Gasteiger partial charge in [0.25, 0.3) is 0 Å². The maximum atomic E-state index is 12.1. The van der Waals surface area contributed by atoms with E-state index in [2.05, 4.69) is 17.6 Å². The Morgan fingerprint density at radius 1 is 1.43 bits per heavy atom. The van der Waals surface area contributed by atoms with Crippen molar-refractivity contribution >= 4 is 34.9 Å². The lowest BCUT2D eigenvalue weighted by Crippen LogP contribution is -2.55. The standard InChI is InChI=1S/C15H20Cl2N2O2/c1-10-3-2-6-15(8-10,9-20)19-14(21)18-11-4-5-12(16)13(17)7-11/h4-5,7,10,20H,2-3,6,8-9H2,1H3,(H2,18,19,21). The Morgan fingerprint density at radius 2 is 2.19 bits per heavy atom. The molecule has 3 N–H and O–H groups in total. The zero-order valence-electron chi connectivity index (χ0n) is 12.0. The minimum Gasteiger partial charge on any atom is -0.394 e. The average molecular weight is 331 g/mol. The van der Waals surface area contributed by atoms with Gasteiger partial charge in [-0.2, -0.15) is 0 Å². The van der Waals surface area contributed by atoms with Crippen molar-refractivity contribution in [3.8, 4) is 0 Å². The fourth-order valence-electron chi connectivity index (χ4n) is 2.93. The average Bonchev–Trinajstić information content (AvgIpc) is 2.43. The van der Waals surface area contributed by atoms with Crippen molar-refractivity contribution in [1.82, 2.24) is 5.32 Å². The number of carbonyl (C=O) groups excluding carboxylic acids is 1. The van der Waals surface area contributed by atoms with Crippen LogP contribution in [-0.2, 0) is 0 Å². The maximum Gasteiger partial charge on any atom is 0.319 e. The topological polar surface area (TPSA) is 61.4 Å². The molecule has 2 atom stereocenters. The molecular weight excluding hydrogens is 311 g/mol. The molecule has 1 aromatic carbocycles. The largest absolute Gasteiger partial charge is 0.394 e. The number of amides is 2. The molecule has 0 heterocycles. The molecule has 0 saturated heterocycles. The predicted molar refractivity (Wildman–Crippen MR) is 86.1 cm³/mol. The van der Waals surface area contributed by atoms with Gasteiger partial charge in [0.2, 0.25) is 0 Å². The summed E-state index contributed by atoms with van der Waals surface area (Å²) in [5.74, 6) is 0.496. The molecular formula is C15H20Cl2N2O2. The first kappa shape index (κ1) is 16.4. The second-order valence-corrected chi connectivity index (χ2v) is 6.66. The van der Waals surface area contributed by atoms with Crippen LogP contribution in [0.2, 0.25) is 10.0 Å². The number of benzene rings is 1. The highest BCUT2D eigenvalue weighted by Gasteiger charge is 2.35. The van der Waals surface area contributed by atoms with Gasteiger partial charge in [-0.05, 0) is 37.0 Å². The SMILES string of the molecule is CC1CCCC(CO)(NC(=O)Nc2ccc(Cl)c(Cl)c2)C1. The summed E-state index contributed by atoms with van der Waals surface area (Å²) in [5, 5.41) is 16.1. The molecule has 1 aliphatic rings. The van der Waals surface area contributed by atoms with E-state index in [1.807, 2.05) is 0 Å². The van der Waals surface area contributed by atoms with E-state index < -0.39 is 5.54 Å². The second kappa shape index (κ2) is 6.86. The van der Waals surface area contributed by atoms with Crippen molar-refractivity contribution in [2.45, 2.75) is 38.1 Å². The minimum absolute atomic E-state index is 0.0495. The van der Waals surface area contributed by atoms with Gasteiger partial charge < -0.3 is 15.7 Å². The molecule has 1 aliphatic carbocycles. The minimum atomic E-state index is -0.530. The van der Waals surface area contributed by atoms with Crippen LogP contribution >= 0.6 is 23.2 Å². The zero-order chi connectivity index (χ0) is 15.5. The summed E-state index contributed by atoms with van der Waals surface area (Å²) in [6.07, 6.45) is 3.73. The molecule has 6 heteroatoms. The van der Waals surface area contributed by atoms with Crippen molar-refractivity contribution in [1.29, 1.82) is 0 Å². The first-order valence-corrected chi connectivity index (χ1v) is 7.85. The number of hydrogen-bond acceptors (Lipinski definition) is 2. The molecule has 21 heavy (non-hydrogen) atoms. The molecule has 4 nitrogen and oxygen atoms in total. The van der Waals surface area contributed by atoms with Crippen LogP contribution in [0.5, 0.6) is 0 Å². The lowest BCUT2D eigenvalue weighted by atomic mass is 9.77. The van der Waals surface area contributed by atoms with Crippen molar-refractivity contribution in [2.75, 3.05) is 11.9 Å². The summed E-state index contributed by atoms with van der Waals surface area (Å²) in [4.78, 5) is 12.1. The maximum absolute atomic E-state index is 12.1. The van der Waals surface area contributed by atoms with Gasteiger partial charge in [0.05, 0.1) is 22.2 Å². The van der Waals surface area contributed by atoms with Crippen molar-refractivity contribution in [3.63, 3.8) is 0 Å². The van der Waals surface area contributed by atoms with Gasteiger partial charge in [0.15, 0.2) is 0 Å². The molecule has 0 bridgehead atoms. The fraction of sp³-hybridized carbons (Fsp3) is 0.533. The van der Waals surface area contributed by atoms with Gasteiger partial charge in [-0.25, -0.2) is 4.79 Å². The lowest BCUT2D eigenvalue weighted by molar-refractivity contribution is 0.108. The molecule has 0 aromatic heterocycles. The Balaban J connectivity index is 2.01. The van der Waals surface area contributed by atoms with Crippen molar-refractivity contribution in [2.24, 2.45) is 5.92 Å². The number of aliphatic hydroxyl groups is 1. The Labute approximate surface area is 134 Å². The number of nitrogens with one attached hydrogen (secondary N) is 2. The molecule has 1 fully saturated rings. The molecule has 2 rings (SSSR count). The van der Waals surface area contributed by atoms with Crippen LogP contribution < -0.4 is 10.6 Å². The molecule has 0 aliphatic heterocycles. The Morgan fingerprint density at radius 3 is 2.81 bits per heavy atom. The highest BCUT2D eigenvalue weighted by atomic mass is 35.5. The normalized spacial score (nSPS) is 25.4. The van der Waals surface area contributed by atoms with E-state index >= 15 is 0 Å². The van der Waals surface area contributed by atoms with Crippen LogP contribution in [0.4, 0.5) is 10.5 Å². The molecule has 2 unspecified atom stereocenters. The van der Waals surface area contributed by atoms with Crippen LogP contribution in [0.15, 0.2) is 18.2 Å². The number of halogens is 2. The number of hydrogen-bond donors (Lipinski definition) is 3. The quantitative estimate of drug-likeness (QED) is 0.782. The Kier molecular flexibility index (Phi) is 5.36. The van der Waals surface area contributed by atoms with Gasteiger partial charge in [-0.1, -0.05) is 43.0 Å². The summed E-state index contributed by atoms with van der Waals surface area (Å²) in [6, 6.07) is 4.57. The van der Waals surface area contributed by atoms with Crippen LogP contribution in [-0.4, -0.2) is 23.3 Å². The fourth-order valence-corrected chi connectivity index (χ4v) is 3.23. The highest BCUT2D eigenvalue weighted by Crippen LogP contribution is 2.32. The van der Waals surface area contributed by atoms with Gasteiger partial charge in [-0.3, -0.25) is 0 Å². The van der Waals surface area contributed by atoms with Gasteiger partial charge in [0, 0.05) is 5.69 Å². The first-order valence-electron chi connectivity index (χ1n) is 7.09. The molecule has 2 amide bonds. The van der Waals surface area contributed by atoms with Crippen LogP contribution in [0.25, 0.3) is 0 Å². The summed E-state index contributed by atoms with van der Waals surface area (Å²) in [6.45, 7) is 2.09. The van der Waals surface area contributed by atoms with E-state index in [-0.39, 0.29) is 12.6 Å². The lowest BCUT2D eigenvalue weighted by Gasteiger charge is -2.39. The Bertz CT molecular complexity index is 524. The third-order valence-corrected chi connectivity index (χ3v) is 4.69. The zero-order valence-corrected chi connectivity index (χ0v) is 13.5.